The molecule has 1 N–H and O–H groups in total. The van der Waals surface area contributed by atoms with E-state index in [2.05, 4.69) is 59.5 Å². The van der Waals surface area contributed by atoms with Crippen LogP contribution in [0.1, 0.15) is 24.4 Å². The lowest BCUT2D eigenvalue weighted by Crippen LogP contribution is -2.40. The molecule has 1 aromatic carbocycles. The molecule has 0 amide bonds. The van der Waals surface area contributed by atoms with Crippen molar-refractivity contribution in [2.75, 3.05) is 40.8 Å². The van der Waals surface area contributed by atoms with Gasteiger partial charge in [0.2, 0.25) is 0 Å². The molecule has 2 atom stereocenters. The Morgan fingerprint density at radius 3 is 2.68 bits per heavy atom. The summed E-state index contributed by atoms with van der Waals surface area (Å²) < 4.78 is 0. The summed E-state index contributed by atoms with van der Waals surface area (Å²) in [5.41, 5.74) is 1.40. The van der Waals surface area contributed by atoms with Crippen LogP contribution in [0, 0.1) is 0 Å². The molecule has 19 heavy (non-hydrogen) atoms. The van der Waals surface area contributed by atoms with Gasteiger partial charge in [-0.2, -0.15) is 0 Å². The molecular weight excluding hydrogens is 234 g/mol. The summed E-state index contributed by atoms with van der Waals surface area (Å²) in [6, 6.07) is 12.0. The van der Waals surface area contributed by atoms with Crippen LogP contribution in [0.2, 0.25) is 0 Å². The maximum Gasteiger partial charge on any atom is 0.0470 e. The summed E-state index contributed by atoms with van der Waals surface area (Å²) >= 11 is 0. The topological polar surface area (TPSA) is 18.5 Å². The molecule has 1 saturated heterocycles. The van der Waals surface area contributed by atoms with Crippen LogP contribution < -0.4 is 5.32 Å². The average molecular weight is 261 g/mol. The number of rotatable bonds is 6. The van der Waals surface area contributed by atoms with Crippen LogP contribution >= 0.6 is 0 Å². The van der Waals surface area contributed by atoms with Gasteiger partial charge in [-0.1, -0.05) is 30.3 Å². The molecule has 1 aromatic rings. The minimum atomic E-state index is 0.459. The van der Waals surface area contributed by atoms with Gasteiger partial charge in [-0.3, -0.25) is 4.90 Å². The smallest absolute Gasteiger partial charge is 0.0470 e. The fourth-order valence-corrected chi connectivity index (χ4v) is 3.07. The van der Waals surface area contributed by atoms with Crippen molar-refractivity contribution in [1.29, 1.82) is 0 Å². The molecule has 1 fully saturated rings. The largest absolute Gasteiger partial charge is 0.318 e. The zero-order valence-electron chi connectivity index (χ0n) is 12.5. The highest BCUT2D eigenvalue weighted by molar-refractivity contribution is 5.19. The number of likely N-dealkylation sites (tertiary alicyclic amines) is 1. The Morgan fingerprint density at radius 2 is 2.11 bits per heavy atom. The van der Waals surface area contributed by atoms with Crippen molar-refractivity contribution < 1.29 is 0 Å². The van der Waals surface area contributed by atoms with Crippen LogP contribution in [-0.4, -0.2) is 56.6 Å². The van der Waals surface area contributed by atoms with Gasteiger partial charge in [-0.25, -0.2) is 0 Å². The van der Waals surface area contributed by atoms with Gasteiger partial charge in [-0.05, 0) is 46.1 Å². The predicted octanol–water partition coefficient (Wildman–Crippen LogP) is 1.97. The second-order valence-corrected chi connectivity index (χ2v) is 5.70. The van der Waals surface area contributed by atoms with Gasteiger partial charge in [0.1, 0.15) is 0 Å². The minimum Gasteiger partial charge on any atom is -0.318 e. The maximum absolute atomic E-state index is 3.33. The molecule has 0 saturated carbocycles. The Hall–Kier alpha value is -0.900. The fraction of sp³-hybridized carbons (Fsp3) is 0.625. The average Bonchev–Trinajstić information content (AvgIpc) is 2.82. The third-order valence-corrected chi connectivity index (χ3v) is 4.28. The Labute approximate surface area is 117 Å². The van der Waals surface area contributed by atoms with Gasteiger partial charge in [0.15, 0.2) is 0 Å². The molecule has 0 spiro atoms. The summed E-state index contributed by atoms with van der Waals surface area (Å²) in [5, 5.41) is 3.33. The Morgan fingerprint density at radius 1 is 1.37 bits per heavy atom. The molecule has 2 rings (SSSR count). The predicted molar refractivity (Wildman–Crippen MR) is 81.4 cm³/mol. The maximum atomic E-state index is 3.33. The molecule has 1 aliphatic rings. The second kappa shape index (κ2) is 7.04. The first-order valence-electron chi connectivity index (χ1n) is 7.32. The monoisotopic (exact) mass is 261 g/mol. The molecule has 1 aliphatic heterocycles. The van der Waals surface area contributed by atoms with E-state index in [1.807, 2.05) is 7.05 Å². The summed E-state index contributed by atoms with van der Waals surface area (Å²) in [5.74, 6) is 0. The first-order chi connectivity index (χ1) is 9.22. The number of hydrogen-bond donors (Lipinski definition) is 1. The molecule has 3 heteroatoms. The van der Waals surface area contributed by atoms with Crippen LogP contribution in [0.4, 0.5) is 0 Å². The summed E-state index contributed by atoms with van der Waals surface area (Å²) in [6.07, 6.45) is 2.68. The normalized spacial score (nSPS) is 22.0. The summed E-state index contributed by atoms with van der Waals surface area (Å²) in [4.78, 5) is 5.00. The number of nitrogens with zero attached hydrogens (tertiary/aromatic N) is 2. The Balaban J connectivity index is 2.02. The first-order valence-corrected chi connectivity index (χ1v) is 7.32. The van der Waals surface area contributed by atoms with Crippen molar-refractivity contribution in [3.8, 4) is 0 Å². The molecule has 0 aromatic heterocycles. The SMILES string of the molecule is CNCC(c1ccccc1)N(C)CC1CCCN1C. The van der Waals surface area contributed by atoms with Crippen molar-refractivity contribution in [3.05, 3.63) is 35.9 Å². The van der Waals surface area contributed by atoms with E-state index in [0.717, 1.165) is 13.1 Å². The van der Waals surface area contributed by atoms with Crippen LogP contribution in [0.3, 0.4) is 0 Å². The van der Waals surface area contributed by atoms with Gasteiger partial charge < -0.3 is 10.2 Å². The fourth-order valence-electron chi connectivity index (χ4n) is 3.07. The van der Waals surface area contributed by atoms with E-state index in [-0.39, 0.29) is 0 Å². The van der Waals surface area contributed by atoms with Gasteiger partial charge in [0.05, 0.1) is 0 Å². The highest BCUT2D eigenvalue weighted by atomic mass is 15.2. The quantitative estimate of drug-likeness (QED) is 0.844. The van der Waals surface area contributed by atoms with Gasteiger partial charge in [-0.15, -0.1) is 0 Å². The van der Waals surface area contributed by atoms with Gasteiger partial charge >= 0.3 is 0 Å². The lowest BCUT2D eigenvalue weighted by atomic mass is 10.0. The van der Waals surface area contributed by atoms with E-state index in [9.17, 15) is 0 Å². The van der Waals surface area contributed by atoms with Gasteiger partial charge in [0, 0.05) is 25.2 Å². The molecule has 0 aliphatic carbocycles. The Kier molecular flexibility index (Phi) is 5.37. The number of likely N-dealkylation sites (N-methyl/N-ethyl adjacent to an activating group) is 3. The van der Waals surface area contributed by atoms with E-state index < -0.39 is 0 Å². The molecule has 2 unspecified atom stereocenters. The Bertz CT molecular complexity index is 366. The zero-order chi connectivity index (χ0) is 13.7. The van der Waals surface area contributed by atoms with E-state index in [1.165, 1.54) is 24.9 Å². The highest BCUT2D eigenvalue weighted by Crippen LogP contribution is 2.22. The van der Waals surface area contributed by atoms with Crippen molar-refractivity contribution in [2.24, 2.45) is 0 Å². The van der Waals surface area contributed by atoms with E-state index >= 15 is 0 Å². The van der Waals surface area contributed by atoms with Crippen LogP contribution in [-0.2, 0) is 0 Å². The second-order valence-electron chi connectivity index (χ2n) is 5.70. The van der Waals surface area contributed by atoms with Crippen molar-refractivity contribution in [2.45, 2.75) is 24.9 Å². The van der Waals surface area contributed by atoms with E-state index in [4.69, 9.17) is 0 Å². The molecule has 1 heterocycles. The third kappa shape index (κ3) is 3.78. The molecule has 0 bridgehead atoms. The number of hydrogen-bond acceptors (Lipinski definition) is 3. The van der Waals surface area contributed by atoms with E-state index in [0.29, 0.717) is 12.1 Å². The van der Waals surface area contributed by atoms with Crippen LogP contribution in [0.25, 0.3) is 0 Å². The zero-order valence-corrected chi connectivity index (χ0v) is 12.5. The molecule has 106 valence electrons. The summed E-state index contributed by atoms with van der Waals surface area (Å²) in [6.45, 7) is 3.40. The van der Waals surface area contributed by atoms with Crippen molar-refractivity contribution in [3.63, 3.8) is 0 Å². The molecule has 0 radical (unpaired) electrons. The third-order valence-electron chi connectivity index (χ3n) is 4.28. The standard InChI is InChI=1S/C16H27N3/c1-17-12-16(14-8-5-4-6-9-14)19(3)13-15-10-7-11-18(15)2/h4-6,8-9,15-17H,7,10-13H2,1-3H3. The lowest BCUT2D eigenvalue weighted by Gasteiger charge is -2.32. The lowest BCUT2D eigenvalue weighted by molar-refractivity contribution is 0.175. The number of benzene rings is 1. The van der Waals surface area contributed by atoms with Crippen molar-refractivity contribution >= 4 is 0 Å². The van der Waals surface area contributed by atoms with Crippen LogP contribution in [0.5, 0.6) is 0 Å². The van der Waals surface area contributed by atoms with Gasteiger partial charge in [0.25, 0.3) is 0 Å². The minimum absolute atomic E-state index is 0.459. The van der Waals surface area contributed by atoms with Crippen molar-refractivity contribution in [1.82, 2.24) is 15.1 Å². The van der Waals surface area contributed by atoms with Crippen LogP contribution in [0.15, 0.2) is 30.3 Å². The molecular formula is C16H27N3. The number of nitrogens with one attached hydrogen (secondary N) is 1. The highest BCUT2D eigenvalue weighted by Gasteiger charge is 2.25. The summed E-state index contributed by atoms with van der Waals surface area (Å²) in [7, 11) is 6.54. The first kappa shape index (κ1) is 14.5. The molecule has 3 nitrogen and oxygen atoms in total. The van der Waals surface area contributed by atoms with E-state index in [1.54, 1.807) is 0 Å².